The van der Waals surface area contributed by atoms with Gasteiger partial charge in [0.1, 0.15) is 0 Å². The van der Waals surface area contributed by atoms with Gasteiger partial charge in [-0.05, 0) is 32.2 Å². The Morgan fingerprint density at radius 1 is 1.60 bits per heavy atom. The zero-order valence-corrected chi connectivity index (χ0v) is 10.0. The van der Waals surface area contributed by atoms with Gasteiger partial charge < -0.3 is 5.73 Å². The number of hydrogen-bond donors (Lipinski definition) is 1. The van der Waals surface area contributed by atoms with Crippen LogP contribution in [0.25, 0.3) is 0 Å². The van der Waals surface area contributed by atoms with Crippen molar-refractivity contribution in [2.45, 2.75) is 32.4 Å². The van der Waals surface area contributed by atoms with Crippen molar-refractivity contribution >= 4 is 11.3 Å². The van der Waals surface area contributed by atoms with E-state index in [1.165, 1.54) is 17.7 Å². The van der Waals surface area contributed by atoms with Gasteiger partial charge in [-0.1, -0.05) is 0 Å². The van der Waals surface area contributed by atoms with E-state index in [1.807, 2.05) is 11.7 Å². The van der Waals surface area contributed by atoms with Crippen molar-refractivity contribution in [1.29, 1.82) is 0 Å². The highest BCUT2D eigenvalue weighted by Crippen LogP contribution is 2.23. The van der Waals surface area contributed by atoms with Gasteiger partial charge in [0.05, 0.1) is 5.51 Å². The zero-order valence-electron chi connectivity index (χ0n) is 9.22. The maximum absolute atomic E-state index is 5.75. The van der Waals surface area contributed by atoms with Crippen molar-refractivity contribution in [3.05, 3.63) is 16.6 Å². The summed E-state index contributed by atoms with van der Waals surface area (Å²) in [6, 6.07) is 0.690. The average Bonchev–Trinajstić information content (AvgIpc) is 2.74. The maximum Gasteiger partial charge on any atom is 0.0794 e. The molecule has 1 fully saturated rings. The average molecular weight is 225 g/mol. The van der Waals surface area contributed by atoms with E-state index >= 15 is 0 Å². The lowest BCUT2D eigenvalue weighted by Gasteiger charge is -2.37. The van der Waals surface area contributed by atoms with Gasteiger partial charge in [-0.2, -0.15) is 0 Å². The van der Waals surface area contributed by atoms with E-state index in [9.17, 15) is 0 Å². The predicted octanol–water partition coefficient (Wildman–Crippen LogP) is 1.70. The monoisotopic (exact) mass is 225 g/mol. The van der Waals surface area contributed by atoms with Crippen LogP contribution in [-0.4, -0.2) is 29.0 Å². The molecule has 0 aliphatic carbocycles. The molecule has 2 N–H and O–H groups in total. The van der Waals surface area contributed by atoms with Crippen molar-refractivity contribution in [3.63, 3.8) is 0 Å². The minimum absolute atomic E-state index is 0.689. The molecule has 1 aliphatic rings. The SMILES string of the molecule is CC1CCC(CN)CN1Cc1cncs1. The van der Waals surface area contributed by atoms with Crippen molar-refractivity contribution < 1.29 is 0 Å². The third-order valence-corrected chi connectivity index (χ3v) is 4.05. The van der Waals surface area contributed by atoms with E-state index in [1.54, 1.807) is 11.3 Å². The summed E-state index contributed by atoms with van der Waals surface area (Å²) in [6.07, 6.45) is 4.54. The highest BCUT2D eigenvalue weighted by molar-refractivity contribution is 7.09. The van der Waals surface area contributed by atoms with Gasteiger partial charge in [0.15, 0.2) is 0 Å². The number of aromatic nitrogens is 1. The normalized spacial score (nSPS) is 28.1. The van der Waals surface area contributed by atoms with Gasteiger partial charge in [0, 0.05) is 30.2 Å². The minimum Gasteiger partial charge on any atom is -0.330 e. The quantitative estimate of drug-likeness (QED) is 0.851. The van der Waals surface area contributed by atoms with Crippen molar-refractivity contribution in [3.8, 4) is 0 Å². The summed E-state index contributed by atoms with van der Waals surface area (Å²) in [4.78, 5) is 8.02. The maximum atomic E-state index is 5.75. The Bertz CT molecular complexity index is 286. The summed E-state index contributed by atoms with van der Waals surface area (Å²) in [5.41, 5.74) is 7.65. The van der Waals surface area contributed by atoms with E-state index in [-0.39, 0.29) is 0 Å². The lowest BCUT2D eigenvalue weighted by molar-refractivity contribution is 0.114. The molecule has 0 saturated carbocycles. The molecule has 2 heterocycles. The van der Waals surface area contributed by atoms with Gasteiger partial charge in [-0.25, -0.2) is 0 Å². The summed E-state index contributed by atoms with van der Waals surface area (Å²) in [6.45, 7) is 5.33. The molecule has 2 atom stereocenters. The molecule has 2 unspecified atom stereocenters. The summed E-state index contributed by atoms with van der Waals surface area (Å²) in [7, 11) is 0. The number of piperidine rings is 1. The van der Waals surface area contributed by atoms with Crippen LogP contribution in [0.15, 0.2) is 11.7 Å². The molecule has 4 heteroatoms. The fourth-order valence-electron chi connectivity index (χ4n) is 2.20. The molecule has 1 aliphatic heterocycles. The van der Waals surface area contributed by atoms with Gasteiger partial charge in [0.25, 0.3) is 0 Å². The molecule has 0 aromatic carbocycles. The van der Waals surface area contributed by atoms with Crippen LogP contribution in [0.2, 0.25) is 0 Å². The molecule has 1 saturated heterocycles. The van der Waals surface area contributed by atoms with Crippen LogP contribution in [0.4, 0.5) is 0 Å². The Balaban J connectivity index is 1.94. The highest BCUT2D eigenvalue weighted by atomic mass is 32.1. The van der Waals surface area contributed by atoms with Crippen LogP contribution >= 0.6 is 11.3 Å². The first-order chi connectivity index (χ1) is 7.29. The molecular formula is C11H19N3S. The number of nitrogens with zero attached hydrogens (tertiary/aromatic N) is 2. The van der Waals surface area contributed by atoms with Gasteiger partial charge in [-0.3, -0.25) is 9.88 Å². The molecule has 2 rings (SSSR count). The van der Waals surface area contributed by atoms with Gasteiger partial charge in [0.2, 0.25) is 0 Å². The first-order valence-corrected chi connectivity index (χ1v) is 6.49. The van der Waals surface area contributed by atoms with E-state index in [0.717, 1.165) is 19.6 Å². The van der Waals surface area contributed by atoms with Crippen LogP contribution in [0.5, 0.6) is 0 Å². The highest BCUT2D eigenvalue weighted by Gasteiger charge is 2.24. The lowest BCUT2D eigenvalue weighted by Crippen LogP contribution is -2.43. The molecule has 84 valence electrons. The van der Waals surface area contributed by atoms with Gasteiger partial charge in [-0.15, -0.1) is 11.3 Å². The van der Waals surface area contributed by atoms with Crippen molar-refractivity contribution in [2.24, 2.45) is 11.7 Å². The molecule has 1 aromatic rings. The van der Waals surface area contributed by atoms with Gasteiger partial charge >= 0.3 is 0 Å². The Morgan fingerprint density at radius 3 is 3.13 bits per heavy atom. The fraction of sp³-hybridized carbons (Fsp3) is 0.727. The number of hydrogen-bond acceptors (Lipinski definition) is 4. The molecule has 0 radical (unpaired) electrons. The molecule has 0 amide bonds. The second kappa shape index (κ2) is 5.05. The second-order valence-electron chi connectivity index (χ2n) is 4.43. The lowest BCUT2D eigenvalue weighted by atomic mass is 9.93. The molecule has 0 spiro atoms. The van der Waals surface area contributed by atoms with Crippen LogP contribution in [-0.2, 0) is 6.54 Å². The van der Waals surface area contributed by atoms with Crippen molar-refractivity contribution in [1.82, 2.24) is 9.88 Å². The Kier molecular flexibility index (Phi) is 3.72. The Morgan fingerprint density at radius 2 is 2.47 bits per heavy atom. The minimum atomic E-state index is 0.689. The summed E-state index contributed by atoms with van der Waals surface area (Å²) >= 11 is 1.74. The van der Waals surface area contributed by atoms with Crippen LogP contribution in [0, 0.1) is 5.92 Å². The van der Waals surface area contributed by atoms with Crippen LogP contribution in [0.3, 0.4) is 0 Å². The predicted molar refractivity (Wildman–Crippen MR) is 63.8 cm³/mol. The van der Waals surface area contributed by atoms with E-state index < -0.39 is 0 Å². The smallest absolute Gasteiger partial charge is 0.0794 e. The fourth-order valence-corrected chi connectivity index (χ4v) is 2.81. The third kappa shape index (κ3) is 2.77. The zero-order chi connectivity index (χ0) is 10.7. The number of rotatable bonds is 3. The molecular weight excluding hydrogens is 206 g/mol. The third-order valence-electron chi connectivity index (χ3n) is 3.28. The van der Waals surface area contributed by atoms with Crippen LogP contribution < -0.4 is 5.73 Å². The summed E-state index contributed by atoms with van der Waals surface area (Å²) < 4.78 is 0. The first kappa shape index (κ1) is 11.0. The standard InChI is InChI=1S/C11H19N3S/c1-9-2-3-10(4-12)6-14(9)7-11-5-13-8-15-11/h5,8-10H,2-4,6-7,12H2,1H3. The number of nitrogens with two attached hydrogens (primary N) is 1. The topological polar surface area (TPSA) is 42.1 Å². The summed E-state index contributed by atoms with van der Waals surface area (Å²) in [5.74, 6) is 0.689. The second-order valence-corrected chi connectivity index (χ2v) is 5.40. The largest absolute Gasteiger partial charge is 0.330 e. The Labute approximate surface area is 95.3 Å². The first-order valence-electron chi connectivity index (χ1n) is 5.61. The summed E-state index contributed by atoms with van der Waals surface area (Å²) in [5, 5.41) is 0. The van der Waals surface area contributed by atoms with Crippen LogP contribution in [0.1, 0.15) is 24.6 Å². The molecule has 1 aromatic heterocycles. The molecule has 3 nitrogen and oxygen atoms in total. The van der Waals surface area contributed by atoms with E-state index in [0.29, 0.717) is 12.0 Å². The van der Waals surface area contributed by atoms with E-state index in [4.69, 9.17) is 5.73 Å². The molecule has 15 heavy (non-hydrogen) atoms. The Hall–Kier alpha value is -0.450. The van der Waals surface area contributed by atoms with Crippen molar-refractivity contribution in [2.75, 3.05) is 13.1 Å². The number of thiazole rings is 1. The number of likely N-dealkylation sites (tertiary alicyclic amines) is 1. The van der Waals surface area contributed by atoms with E-state index in [2.05, 4.69) is 16.8 Å². The molecule has 0 bridgehead atoms.